The summed E-state index contributed by atoms with van der Waals surface area (Å²) in [5.74, 6) is 0.0369. The number of ether oxygens (including phenoxy) is 1. The summed E-state index contributed by atoms with van der Waals surface area (Å²) in [7, 11) is 0. The van der Waals surface area contributed by atoms with Crippen molar-refractivity contribution in [1.82, 2.24) is 0 Å². The number of hydrogen-bond acceptors (Lipinski definition) is 4. The number of nitrogen functional groups attached to an aromatic ring is 1. The first-order valence-electron chi connectivity index (χ1n) is 6.83. The molecule has 19 heavy (non-hydrogen) atoms. The van der Waals surface area contributed by atoms with E-state index >= 15 is 0 Å². The molecule has 0 saturated carbocycles. The van der Waals surface area contributed by atoms with Gasteiger partial charge in [0.1, 0.15) is 0 Å². The summed E-state index contributed by atoms with van der Waals surface area (Å²) in [5.41, 5.74) is 9.55. The van der Waals surface area contributed by atoms with Gasteiger partial charge in [-0.25, -0.2) is 0 Å². The average Bonchev–Trinajstić information content (AvgIpc) is 3.04. The van der Waals surface area contributed by atoms with Crippen molar-refractivity contribution < 1.29 is 9.53 Å². The molecule has 4 N–H and O–H groups in total. The van der Waals surface area contributed by atoms with E-state index < -0.39 is 0 Å². The molecular formula is C14H17N3O2. The van der Waals surface area contributed by atoms with E-state index in [1.54, 1.807) is 0 Å². The lowest BCUT2D eigenvalue weighted by Gasteiger charge is -2.22. The van der Waals surface area contributed by atoms with Crippen molar-refractivity contribution in [2.45, 2.75) is 43.9 Å². The molecule has 4 rings (SSSR count). The van der Waals surface area contributed by atoms with Crippen LogP contribution >= 0.6 is 0 Å². The Morgan fingerprint density at radius 2 is 2.26 bits per heavy atom. The normalized spacial score (nSPS) is 31.4. The largest absolute Gasteiger partial charge is 0.397 e. The van der Waals surface area contributed by atoms with Crippen LogP contribution in [-0.2, 0) is 16.0 Å². The zero-order chi connectivity index (χ0) is 13.0. The van der Waals surface area contributed by atoms with Gasteiger partial charge in [-0.2, -0.15) is 0 Å². The molecule has 2 bridgehead atoms. The number of carbonyl (C=O) groups excluding carboxylic acids is 1. The number of nitrogens with two attached hydrogens (primary N) is 1. The zero-order valence-corrected chi connectivity index (χ0v) is 10.6. The van der Waals surface area contributed by atoms with Crippen LogP contribution in [0.25, 0.3) is 0 Å². The molecule has 100 valence electrons. The fourth-order valence-electron chi connectivity index (χ4n) is 3.41. The molecule has 0 radical (unpaired) electrons. The highest BCUT2D eigenvalue weighted by Gasteiger charge is 2.40. The second-order valence-corrected chi connectivity index (χ2v) is 5.68. The molecule has 0 spiro atoms. The van der Waals surface area contributed by atoms with Crippen LogP contribution in [0.4, 0.5) is 17.1 Å². The van der Waals surface area contributed by atoms with Gasteiger partial charge in [-0.1, -0.05) is 0 Å². The number of rotatable bonds is 2. The highest BCUT2D eigenvalue weighted by Crippen LogP contribution is 2.38. The molecule has 3 aliphatic heterocycles. The van der Waals surface area contributed by atoms with Gasteiger partial charge in [-0.3, -0.25) is 4.79 Å². The highest BCUT2D eigenvalue weighted by molar-refractivity contribution is 6.00. The highest BCUT2D eigenvalue weighted by atomic mass is 16.5. The Bertz CT molecular complexity index is 558. The molecule has 1 aromatic rings. The SMILES string of the molecule is Nc1cc2c(cc1NC1CC3CCC1O3)NC(=O)C2. The van der Waals surface area contributed by atoms with Gasteiger partial charge in [0, 0.05) is 5.69 Å². The van der Waals surface area contributed by atoms with E-state index in [2.05, 4.69) is 10.6 Å². The standard InChI is InChI=1S/C14H17N3O2/c15-9-3-7-4-14(18)17-10(7)6-11(9)16-12-5-8-1-2-13(12)19-8/h3,6,8,12-13,16H,1-2,4-5,15H2,(H,17,18). The minimum Gasteiger partial charge on any atom is -0.397 e. The maximum absolute atomic E-state index is 11.4. The van der Waals surface area contributed by atoms with E-state index in [9.17, 15) is 4.79 Å². The van der Waals surface area contributed by atoms with Crippen LogP contribution in [-0.4, -0.2) is 24.2 Å². The van der Waals surface area contributed by atoms with Crippen LogP contribution in [0.2, 0.25) is 0 Å². The third-order valence-corrected chi connectivity index (χ3v) is 4.35. The summed E-state index contributed by atoms with van der Waals surface area (Å²) in [4.78, 5) is 11.4. The molecule has 1 aromatic carbocycles. The van der Waals surface area contributed by atoms with Crippen molar-refractivity contribution >= 4 is 23.0 Å². The Morgan fingerprint density at radius 1 is 1.37 bits per heavy atom. The smallest absolute Gasteiger partial charge is 0.228 e. The monoisotopic (exact) mass is 259 g/mol. The Kier molecular flexibility index (Phi) is 2.26. The lowest BCUT2D eigenvalue weighted by atomic mass is 9.95. The topological polar surface area (TPSA) is 76.4 Å². The molecule has 1 amide bonds. The van der Waals surface area contributed by atoms with Crippen LogP contribution in [0.5, 0.6) is 0 Å². The lowest BCUT2D eigenvalue weighted by Crippen LogP contribution is -2.30. The Balaban J connectivity index is 1.58. The van der Waals surface area contributed by atoms with Crippen molar-refractivity contribution in [2.75, 3.05) is 16.4 Å². The van der Waals surface area contributed by atoms with Crippen LogP contribution in [0.3, 0.4) is 0 Å². The van der Waals surface area contributed by atoms with Crippen molar-refractivity contribution in [3.8, 4) is 0 Å². The number of amides is 1. The molecule has 3 aliphatic rings. The molecule has 5 nitrogen and oxygen atoms in total. The minimum absolute atomic E-state index is 0.0369. The van der Waals surface area contributed by atoms with Crippen molar-refractivity contribution in [3.63, 3.8) is 0 Å². The van der Waals surface area contributed by atoms with Gasteiger partial charge in [0.2, 0.25) is 5.91 Å². The van der Waals surface area contributed by atoms with Crippen molar-refractivity contribution in [2.24, 2.45) is 0 Å². The second-order valence-electron chi connectivity index (χ2n) is 5.68. The number of carbonyl (C=O) groups is 1. The van der Waals surface area contributed by atoms with Crippen LogP contribution < -0.4 is 16.4 Å². The maximum Gasteiger partial charge on any atom is 0.228 e. The van der Waals surface area contributed by atoms with Crippen LogP contribution in [0, 0.1) is 0 Å². The molecule has 3 unspecified atom stereocenters. The fraction of sp³-hybridized carbons (Fsp3) is 0.500. The van der Waals surface area contributed by atoms with E-state index in [0.717, 1.165) is 29.8 Å². The van der Waals surface area contributed by atoms with Gasteiger partial charge in [0.25, 0.3) is 0 Å². The molecule has 5 heteroatoms. The first-order chi connectivity index (χ1) is 9.19. The number of hydrogen-bond donors (Lipinski definition) is 3. The Labute approximate surface area is 111 Å². The van der Waals surface area contributed by atoms with Gasteiger partial charge in [-0.15, -0.1) is 0 Å². The first-order valence-corrected chi connectivity index (χ1v) is 6.83. The maximum atomic E-state index is 11.4. The van der Waals surface area contributed by atoms with E-state index in [-0.39, 0.29) is 5.91 Å². The van der Waals surface area contributed by atoms with Gasteiger partial charge in [-0.05, 0) is 37.0 Å². The zero-order valence-electron chi connectivity index (χ0n) is 10.6. The van der Waals surface area contributed by atoms with Crippen LogP contribution in [0.15, 0.2) is 12.1 Å². The molecule has 2 fully saturated rings. The molecule has 3 heterocycles. The number of anilines is 3. The molecule has 0 aliphatic carbocycles. The summed E-state index contributed by atoms with van der Waals surface area (Å²) in [6.07, 6.45) is 4.51. The summed E-state index contributed by atoms with van der Waals surface area (Å²) in [5, 5.41) is 6.34. The molecule has 3 atom stereocenters. The van der Waals surface area contributed by atoms with E-state index in [1.165, 1.54) is 6.42 Å². The second kappa shape index (κ2) is 3.87. The third kappa shape index (κ3) is 1.76. The minimum atomic E-state index is 0.0369. The van der Waals surface area contributed by atoms with Gasteiger partial charge in [0.05, 0.1) is 36.0 Å². The summed E-state index contributed by atoms with van der Waals surface area (Å²) >= 11 is 0. The predicted molar refractivity (Wildman–Crippen MR) is 73.1 cm³/mol. The lowest BCUT2D eigenvalue weighted by molar-refractivity contribution is -0.115. The third-order valence-electron chi connectivity index (χ3n) is 4.35. The number of nitrogens with one attached hydrogen (secondary N) is 2. The summed E-state index contributed by atoms with van der Waals surface area (Å²) < 4.78 is 5.83. The van der Waals surface area contributed by atoms with Gasteiger partial charge >= 0.3 is 0 Å². The molecule has 0 aromatic heterocycles. The fourth-order valence-corrected chi connectivity index (χ4v) is 3.41. The van der Waals surface area contributed by atoms with Crippen molar-refractivity contribution in [1.29, 1.82) is 0 Å². The Hall–Kier alpha value is -1.75. The van der Waals surface area contributed by atoms with E-state index in [1.807, 2.05) is 12.1 Å². The van der Waals surface area contributed by atoms with Crippen molar-refractivity contribution in [3.05, 3.63) is 17.7 Å². The van der Waals surface area contributed by atoms with Gasteiger partial charge in [0.15, 0.2) is 0 Å². The van der Waals surface area contributed by atoms with E-state index in [0.29, 0.717) is 30.4 Å². The van der Waals surface area contributed by atoms with E-state index in [4.69, 9.17) is 10.5 Å². The molecule has 2 saturated heterocycles. The first kappa shape index (κ1) is 11.1. The van der Waals surface area contributed by atoms with Gasteiger partial charge < -0.3 is 21.1 Å². The molecular weight excluding hydrogens is 242 g/mol. The average molecular weight is 259 g/mol. The summed E-state index contributed by atoms with van der Waals surface area (Å²) in [6, 6.07) is 4.18. The quantitative estimate of drug-likeness (QED) is 0.703. The Morgan fingerprint density at radius 3 is 3.00 bits per heavy atom. The van der Waals surface area contributed by atoms with Crippen LogP contribution in [0.1, 0.15) is 24.8 Å². The number of benzene rings is 1. The number of fused-ring (bicyclic) bond motifs is 3. The summed E-state index contributed by atoms with van der Waals surface area (Å²) in [6.45, 7) is 0. The predicted octanol–water partition coefficient (Wildman–Crippen LogP) is 1.50.